The molecule has 0 unspecified atom stereocenters. The van der Waals surface area contributed by atoms with Gasteiger partial charge in [-0.25, -0.2) is 8.42 Å². The number of hydrogen-bond acceptors (Lipinski definition) is 6. The SMILES string of the molecule is CS/C(Nc1cccc(C#N)c1)=C(/C#N)S(=O)(=O)c1ccc(Cl)cc1. The third-order valence-electron chi connectivity index (χ3n) is 3.15. The van der Waals surface area contributed by atoms with Gasteiger partial charge >= 0.3 is 0 Å². The minimum Gasteiger partial charge on any atom is -0.349 e. The quantitative estimate of drug-likeness (QED) is 0.772. The van der Waals surface area contributed by atoms with Crippen LogP contribution in [-0.2, 0) is 9.84 Å². The zero-order chi connectivity index (χ0) is 18.4. The highest BCUT2D eigenvalue weighted by atomic mass is 35.5. The zero-order valence-electron chi connectivity index (χ0n) is 13.0. The summed E-state index contributed by atoms with van der Waals surface area (Å²) in [6.07, 6.45) is 1.66. The number of thioether (sulfide) groups is 1. The van der Waals surface area contributed by atoms with E-state index in [0.717, 1.165) is 11.8 Å². The van der Waals surface area contributed by atoms with E-state index < -0.39 is 14.7 Å². The van der Waals surface area contributed by atoms with Crippen molar-refractivity contribution in [2.45, 2.75) is 4.90 Å². The molecule has 1 N–H and O–H groups in total. The lowest BCUT2D eigenvalue weighted by Gasteiger charge is -2.12. The number of benzene rings is 2. The number of halogens is 1. The number of allylic oxidation sites excluding steroid dienone is 1. The molecule has 25 heavy (non-hydrogen) atoms. The largest absolute Gasteiger partial charge is 0.349 e. The molecule has 0 aliphatic rings. The van der Waals surface area contributed by atoms with Gasteiger partial charge in [0.2, 0.25) is 9.84 Å². The fourth-order valence-electron chi connectivity index (χ4n) is 1.96. The Hall–Kier alpha value is -2.45. The summed E-state index contributed by atoms with van der Waals surface area (Å²) in [7, 11) is -4.00. The Bertz CT molecular complexity index is 1000. The van der Waals surface area contributed by atoms with Crippen LogP contribution in [0.25, 0.3) is 0 Å². The molecule has 0 aromatic heterocycles. The van der Waals surface area contributed by atoms with Crippen LogP contribution in [0.4, 0.5) is 5.69 Å². The lowest BCUT2D eigenvalue weighted by atomic mass is 10.2. The van der Waals surface area contributed by atoms with Gasteiger partial charge in [0.25, 0.3) is 0 Å². The predicted molar refractivity (Wildman–Crippen MR) is 99.6 cm³/mol. The van der Waals surface area contributed by atoms with Crippen LogP contribution in [0.5, 0.6) is 0 Å². The number of rotatable bonds is 5. The van der Waals surface area contributed by atoms with Gasteiger partial charge < -0.3 is 5.32 Å². The summed E-state index contributed by atoms with van der Waals surface area (Å²) < 4.78 is 25.5. The highest BCUT2D eigenvalue weighted by Crippen LogP contribution is 2.28. The molecule has 0 aliphatic heterocycles. The standard InChI is InChI=1S/C17H12ClN3O2S2/c1-24-17(21-14-4-2-3-12(9-14)10-19)16(11-20)25(22,23)15-7-5-13(18)6-8-15/h2-9,21H,1H3/b17-16-. The summed E-state index contributed by atoms with van der Waals surface area (Å²) in [5.41, 5.74) is 0.937. The minimum atomic E-state index is -4.00. The van der Waals surface area contributed by atoms with Crippen LogP contribution >= 0.6 is 23.4 Å². The van der Waals surface area contributed by atoms with Gasteiger partial charge in [-0.1, -0.05) is 17.7 Å². The Balaban J connectivity index is 2.51. The third kappa shape index (κ3) is 4.34. The molecule has 0 radical (unpaired) electrons. The fraction of sp³-hybridized carbons (Fsp3) is 0.0588. The molecule has 0 spiro atoms. The molecule has 0 heterocycles. The van der Waals surface area contributed by atoms with Crippen LogP contribution in [0.2, 0.25) is 5.02 Å². The van der Waals surface area contributed by atoms with E-state index in [0.29, 0.717) is 16.3 Å². The zero-order valence-corrected chi connectivity index (χ0v) is 15.4. The van der Waals surface area contributed by atoms with Gasteiger partial charge in [-0.15, -0.1) is 11.8 Å². The molecule has 5 nitrogen and oxygen atoms in total. The van der Waals surface area contributed by atoms with Crippen LogP contribution in [0, 0.1) is 22.7 Å². The van der Waals surface area contributed by atoms with Crippen molar-refractivity contribution in [2.75, 3.05) is 11.6 Å². The number of sulfone groups is 1. The number of anilines is 1. The second-order valence-electron chi connectivity index (χ2n) is 4.75. The Kier molecular flexibility index (Phi) is 6.11. The van der Waals surface area contributed by atoms with Crippen molar-refractivity contribution in [3.63, 3.8) is 0 Å². The van der Waals surface area contributed by atoms with Gasteiger partial charge in [-0.2, -0.15) is 10.5 Å². The highest BCUT2D eigenvalue weighted by molar-refractivity contribution is 8.04. The molecule has 0 saturated heterocycles. The maximum Gasteiger partial charge on any atom is 0.219 e. The normalized spacial score (nSPS) is 11.8. The van der Waals surface area contributed by atoms with Crippen LogP contribution in [0.15, 0.2) is 63.4 Å². The monoisotopic (exact) mass is 389 g/mol. The Morgan fingerprint density at radius 3 is 2.40 bits per heavy atom. The molecule has 0 bridgehead atoms. The number of nitrogens with one attached hydrogen (secondary N) is 1. The maximum absolute atomic E-state index is 12.8. The van der Waals surface area contributed by atoms with Gasteiger partial charge in [-0.05, 0) is 48.7 Å². The summed E-state index contributed by atoms with van der Waals surface area (Å²) in [5.74, 6) is 0. The maximum atomic E-state index is 12.8. The number of nitrogens with zero attached hydrogens (tertiary/aromatic N) is 2. The van der Waals surface area contributed by atoms with Crippen LogP contribution < -0.4 is 5.32 Å². The summed E-state index contributed by atoms with van der Waals surface area (Å²) in [6, 6.07) is 15.9. The predicted octanol–water partition coefficient (Wildman–Crippen LogP) is 4.15. The summed E-state index contributed by atoms with van der Waals surface area (Å²) in [4.78, 5) is -0.419. The summed E-state index contributed by atoms with van der Waals surface area (Å²) in [6.45, 7) is 0. The van der Waals surface area contributed by atoms with E-state index in [1.54, 1.807) is 36.6 Å². The van der Waals surface area contributed by atoms with Crippen molar-refractivity contribution in [1.82, 2.24) is 0 Å². The average molecular weight is 390 g/mol. The van der Waals surface area contributed by atoms with E-state index in [4.69, 9.17) is 16.9 Å². The molecule has 0 fully saturated rings. The summed E-state index contributed by atoms with van der Waals surface area (Å²) in [5, 5.41) is 21.9. The lowest BCUT2D eigenvalue weighted by Crippen LogP contribution is -2.10. The Morgan fingerprint density at radius 1 is 1.16 bits per heavy atom. The van der Waals surface area contributed by atoms with Crippen LogP contribution in [0.1, 0.15) is 5.56 Å². The molecule has 8 heteroatoms. The van der Waals surface area contributed by atoms with Gasteiger partial charge in [0, 0.05) is 10.7 Å². The van der Waals surface area contributed by atoms with Crippen LogP contribution in [0.3, 0.4) is 0 Å². The number of nitriles is 2. The lowest BCUT2D eigenvalue weighted by molar-refractivity contribution is 0.603. The van der Waals surface area contributed by atoms with Crippen molar-refractivity contribution in [3.05, 3.63) is 69.1 Å². The molecule has 126 valence electrons. The second kappa shape index (κ2) is 8.09. The fourth-order valence-corrected chi connectivity index (χ4v) is 4.26. The Labute approximate surface area is 155 Å². The first-order chi connectivity index (χ1) is 11.9. The second-order valence-corrected chi connectivity index (χ2v) is 7.89. The van der Waals surface area contributed by atoms with Gasteiger partial charge in [0.1, 0.15) is 11.1 Å². The van der Waals surface area contributed by atoms with Crippen molar-refractivity contribution >= 4 is 38.9 Å². The van der Waals surface area contributed by atoms with E-state index in [1.807, 2.05) is 6.07 Å². The van der Waals surface area contributed by atoms with Gasteiger partial charge in [0.05, 0.1) is 16.5 Å². The first-order valence-electron chi connectivity index (χ1n) is 6.88. The van der Waals surface area contributed by atoms with Crippen molar-refractivity contribution in [2.24, 2.45) is 0 Å². The minimum absolute atomic E-state index is 0.0208. The smallest absolute Gasteiger partial charge is 0.219 e. The van der Waals surface area contributed by atoms with E-state index >= 15 is 0 Å². The number of hydrogen-bond donors (Lipinski definition) is 1. The van der Waals surface area contributed by atoms with Crippen molar-refractivity contribution < 1.29 is 8.42 Å². The van der Waals surface area contributed by atoms with E-state index in [-0.39, 0.29) is 9.92 Å². The first-order valence-corrected chi connectivity index (χ1v) is 9.97. The molecule has 2 aromatic rings. The average Bonchev–Trinajstić information content (AvgIpc) is 2.61. The molecular weight excluding hydrogens is 378 g/mol. The Morgan fingerprint density at radius 2 is 1.84 bits per heavy atom. The topological polar surface area (TPSA) is 93.8 Å². The molecule has 0 aliphatic carbocycles. The van der Waals surface area contributed by atoms with E-state index in [9.17, 15) is 13.7 Å². The summed E-state index contributed by atoms with van der Waals surface area (Å²) >= 11 is 6.88. The van der Waals surface area contributed by atoms with E-state index in [1.165, 1.54) is 24.3 Å². The van der Waals surface area contributed by atoms with E-state index in [2.05, 4.69) is 5.32 Å². The molecule has 2 aromatic carbocycles. The highest BCUT2D eigenvalue weighted by Gasteiger charge is 2.25. The third-order valence-corrected chi connectivity index (χ3v) is 5.98. The van der Waals surface area contributed by atoms with Crippen molar-refractivity contribution in [1.29, 1.82) is 10.5 Å². The van der Waals surface area contributed by atoms with Crippen molar-refractivity contribution in [3.8, 4) is 12.1 Å². The van der Waals surface area contributed by atoms with Crippen LogP contribution in [-0.4, -0.2) is 14.7 Å². The first kappa shape index (κ1) is 18.9. The molecular formula is C17H12ClN3O2S2. The van der Waals surface area contributed by atoms with Gasteiger partial charge in [0.15, 0.2) is 4.91 Å². The molecule has 0 atom stereocenters. The molecule has 0 amide bonds. The van der Waals surface area contributed by atoms with Gasteiger partial charge in [-0.3, -0.25) is 0 Å². The molecule has 0 saturated carbocycles. The molecule has 2 rings (SSSR count).